The molecule has 0 aromatic heterocycles. The number of halogens is 1. The Morgan fingerprint density at radius 3 is 2.45 bits per heavy atom. The van der Waals surface area contributed by atoms with E-state index < -0.39 is 34.1 Å². The van der Waals surface area contributed by atoms with Crippen LogP contribution in [0.4, 0.5) is 4.39 Å². The van der Waals surface area contributed by atoms with Crippen LogP contribution >= 0.6 is 0 Å². The predicted octanol–water partition coefficient (Wildman–Crippen LogP) is 3.95. The molecule has 0 bridgehead atoms. The third-order valence-corrected chi connectivity index (χ3v) is 8.70. The number of alkyl halides is 1. The van der Waals surface area contributed by atoms with Crippen molar-refractivity contribution in [1.82, 2.24) is 0 Å². The van der Waals surface area contributed by atoms with Gasteiger partial charge in [-0.2, -0.15) is 0 Å². The van der Waals surface area contributed by atoms with Gasteiger partial charge in [0.1, 0.15) is 5.60 Å². The van der Waals surface area contributed by atoms with Crippen molar-refractivity contribution >= 4 is 11.6 Å². The van der Waals surface area contributed by atoms with E-state index in [0.717, 1.165) is 5.57 Å². The normalized spacial score (nSPS) is 50.5. The number of rotatable bonds is 1. The average Bonchev–Trinajstić information content (AvgIpc) is 2.93. The number of fused-ring (bicyclic) bond motifs is 5. The van der Waals surface area contributed by atoms with Crippen LogP contribution in [0.1, 0.15) is 67.2 Å². The maximum atomic E-state index is 16.9. The van der Waals surface area contributed by atoms with Gasteiger partial charge in [-0.15, -0.1) is 0 Å². The summed E-state index contributed by atoms with van der Waals surface area (Å²) in [5, 5.41) is 22.3. The summed E-state index contributed by atoms with van der Waals surface area (Å²) in [4.78, 5) is 24.2. The Morgan fingerprint density at radius 2 is 1.86 bits per heavy atom. The number of allylic oxidation sites excluding steroid dienone is 4. The minimum atomic E-state index is -1.92. The van der Waals surface area contributed by atoms with Crippen LogP contribution in [0.5, 0.6) is 0 Å². The van der Waals surface area contributed by atoms with Crippen molar-refractivity contribution in [2.24, 2.45) is 28.6 Å². The summed E-state index contributed by atoms with van der Waals surface area (Å²) in [6.45, 7) is 11.0. The van der Waals surface area contributed by atoms with E-state index in [1.807, 2.05) is 27.7 Å². The van der Waals surface area contributed by atoms with Crippen molar-refractivity contribution in [2.75, 3.05) is 0 Å². The molecule has 4 rings (SSSR count). The molecule has 162 valence electrons. The first-order valence-electron chi connectivity index (χ1n) is 11.0. The van der Waals surface area contributed by atoms with Crippen LogP contribution in [0.3, 0.4) is 0 Å². The van der Waals surface area contributed by atoms with E-state index in [-0.39, 0.29) is 29.8 Å². The lowest BCUT2D eigenvalue weighted by molar-refractivity contribution is -0.219. The third-order valence-electron chi connectivity index (χ3n) is 8.70. The molecule has 0 saturated heterocycles. The number of aliphatic hydroxyl groups excluding tert-OH is 1. The van der Waals surface area contributed by atoms with Gasteiger partial charge in [-0.25, -0.2) is 4.39 Å². The molecule has 3 saturated carbocycles. The topological polar surface area (TPSA) is 74.6 Å². The van der Waals surface area contributed by atoms with E-state index >= 15 is 4.39 Å². The van der Waals surface area contributed by atoms with E-state index in [1.54, 1.807) is 13.0 Å². The second kappa shape index (κ2) is 6.84. The molecule has 8 atom stereocenters. The summed E-state index contributed by atoms with van der Waals surface area (Å²) in [6, 6.07) is 0. The Morgan fingerprint density at radius 1 is 1.24 bits per heavy atom. The van der Waals surface area contributed by atoms with Crippen molar-refractivity contribution in [1.29, 1.82) is 0 Å². The molecule has 4 aliphatic carbocycles. The van der Waals surface area contributed by atoms with Gasteiger partial charge in [0.05, 0.1) is 6.10 Å². The molecule has 0 radical (unpaired) electrons. The van der Waals surface area contributed by atoms with Crippen LogP contribution in [0.2, 0.25) is 0 Å². The Hall–Kier alpha value is -1.33. The molecule has 4 nitrogen and oxygen atoms in total. The highest BCUT2D eigenvalue weighted by Gasteiger charge is 2.74. The zero-order chi connectivity index (χ0) is 22.0. The molecule has 0 aromatic carbocycles. The largest absolute Gasteiger partial charge is 0.390 e. The fourth-order valence-corrected chi connectivity index (χ4v) is 7.18. The third kappa shape index (κ3) is 2.56. The number of aliphatic hydroxyl groups is 2. The summed E-state index contributed by atoms with van der Waals surface area (Å²) in [6.07, 6.45) is 4.68. The zero-order valence-electron chi connectivity index (χ0n) is 18.5. The summed E-state index contributed by atoms with van der Waals surface area (Å²) >= 11 is 0. The molecule has 0 spiro atoms. The van der Waals surface area contributed by atoms with Crippen LogP contribution in [0, 0.1) is 28.6 Å². The molecule has 3 fully saturated rings. The van der Waals surface area contributed by atoms with Crippen LogP contribution < -0.4 is 0 Å². The van der Waals surface area contributed by atoms with Gasteiger partial charge in [0.15, 0.2) is 17.2 Å². The zero-order valence-corrected chi connectivity index (χ0v) is 18.5. The molecule has 29 heavy (non-hydrogen) atoms. The van der Waals surface area contributed by atoms with Gasteiger partial charge < -0.3 is 10.2 Å². The highest BCUT2D eigenvalue weighted by molar-refractivity contribution is 6.01. The average molecular weight is 407 g/mol. The summed E-state index contributed by atoms with van der Waals surface area (Å²) < 4.78 is 16.9. The number of carbonyl (C=O) groups excluding carboxylic acids is 2. The van der Waals surface area contributed by atoms with Crippen molar-refractivity contribution in [3.8, 4) is 0 Å². The van der Waals surface area contributed by atoms with E-state index in [1.165, 1.54) is 19.1 Å². The Labute approximate surface area is 173 Å². The van der Waals surface area contributed by atoms with E-state index in [2.05, 4.69) is 0 Å². The second-order valence-corrected chi connectivity index (χ2v) is 9.75. The highest BCUT2D eigenvalue weighted by Crippen LogP contribution is 2.70. The Bertz CT molecular complexity index is 788. The lowest BCUT2D eigenvalue weighted by Crippen LogP contribution is -2.69. The maximum Gasteiger partial charge on any atom is 0.178 e. The van der Waals surface area contributed by atoms with Crippen molar-refractivity contribution in [3.05, 3.63) is 23.8 Å². The lowest BCUT2D eigenvalue weighted by Gasteiger charge is -2.63. The summed E-state index contributed by atoms with van der Waals surface area (Å²) in [5.41, 5.74) is -4.59. The molecule has 5 heteroatoms. The second-order valence-electron chi connectivity index (χ2n) is 9.75. The first kappa shape index (κ1) is 22.4. The highest BCUT2D eigenvalue weighted by atomic mass is 19.1. The number of hydrogen-bond acceptors (Lipinski definition) is 4. The van der Waals surface area contributed by atoms with Gasteiger partial charge >= 0.3 is 0 Å². The van der Waals surface area contributed by atoms with E-state index in [4.69, 9.17) is 0 Å². The monoisotopic (exact) mass is 406 g/mol. The Balaban J connectivity index is 0.00000117. The lowest BCUT2D eigenvalue weighted by atomic mass is 9.43. The van der Waals surface area contributed by atoms with Crippen LogP contribution in [0.15, 0.2) is 23.8 Å². The van der Waals surface area contributed by atoms with Crippen LogP contribution in [-0.4, -0.2) is 39.2 Å². The van der Waals surface area contributed by atoms with Crippen LogP contribution in [0.25, 0.3) is 0 Å². The van der Waals surface area contributed by atoms with Gasteiger partial charge in [-0.05, 0) is 63.5 Å². The van der Waals surface area contributed by atoms with Crippen LogP contribution in [-0.2, 0) is 9.59 Å². The van der Waals surface area contributed by atoms with Crippen molar-refractivity contribution in [3.63, 3.8) is 0 Å². The summed E-state index contributed by atoms with van der Waals surface area (Å²) in [7, 11) is 0. The van der Waals surface area contributed by atoms with E-state index in [9.17, 15) is 19.8 Å². The predicted molar refractivity (Wildman–Crippen MR) is 110 cm³/mol. The minimum absolute atomic E-state index is 0.00153. The SMILES string of the molecule is CC.CC(=O)[C@@]1(O)CCC2C3C[C@H](C)C4=CC(=O)C=CC4(C)[C@@]3(F)C(O)CC21C. The number of carbonyl (C=O) groups is 2. The molecular weight excluding hydrogens is 371 g/mol. The van der Waals surface area contributed by atoms with Gasteiger partial charge in [0.2, 0.25) is 0 Å². The molecular formula is C24H35FO4. The quantitative estimate of drug-likeness (QED) is 0.691. The van der Waals surface area contributed by atoms with Gasteiger partial charge in [-0.1, -0.05) is 39.3 Å². The molecule has 0 aromatic rings. The maximum absolute atomic E-state index is 16.9. The first-order valence-corrected chi connectivity index (χ1v) is 11.0. The summed E-state index contributed by atoms with van der Waals surface area (Å²) in [5.74, 6) is -1.11. The molecule has 0 amide bonds. The van der Waals surface area contributed by atoms with E-state index in [0.29, 0.717) is 19.3 Å². The standard InChI is InChI=1S/C22H29FO4.C2H6/c1-12-9-17-15-6-8-21(27,13(2)24)20(15,4)11-18(26)22(17,23)19(3)7-5-14(25)10-16(12)19;1-2/h5,7,10,12,15,17-18,26-27H,6,8-9,11H2,1-4H3;1-2H3/t12-,15?,17?,18?,19?,20?,21-,22-;/m0./s1. The molecule has 2 N–H and O–H groups in total. The Kier molecular flexibility index (Phi) is 5.28. The number of ketones is 2. The molecule has 5 unspecified atom stereocenters. The fraction of sp³-hybridized carbons (Fsp3) is 0.750. The molecule has 4 aliphatic rings. The van der Waals surface area contributed by atoms with Crippen molar-refractivity contribution in [2.45, 2.75) is 84.6 Å². The minimum Gasteiger partial charge on any atom is -0.390 e. The number of hydrogen-bond donors (Lipinski definition) is 2. The number of Topliss-reactive ketones (excluding diaryl/α,β-unsaturated/α-hetero) is 1. The van der Waals surface area contributed by atoms with Crippen molar-refractivity contribution < 1.29 is 24.2 Å². The fourth-order valence-electron chi connectivity index (χ4n) is 7.18. The van der Waals surface area contributed by atoms with Gasteiger partial charge in [0.25, 0.3) is 0 Å². The van der Waals surface area contributed by atoms with Gasteiger partial charge in [0, 0.05) is 16.7 Å². The van der Waals surface area contributed by atoms with Gasteiger partial charge in [-0.3, -0.25) is 9.59 Å². The smallest absolute Gasteiger partial charge is 0.178 e. The molecule has 0 heterocycles. The molecule has 0 aliphatic heterocycles. The first-order chi connectivity index (χ1) is 13.4.